The SMILES string of the molecule is COc1cccc(-c2ccc(-c3ccc(N)cc3)s2)c1. The molecule has 1 aromatic heterocycles. The fraction of sp³-hybridized carbons (Fsp3) is 0.0588. The quantitative estimate of drug-likeness (QED) is 0.708. The molecule has 0 aliphatic heterocycles. The molecule has 0 fully saturated rings. The highest BCUT2D eigenvalue weighted by atomic mass is 32.1. The molecule has 0 saturated carbocycles. The van der Waals surface area contributed by atoms with Crippen LogP contribution in [-0.4, -0.2) is 7.11 Å². The average molecular weight is 281 g/mol. The lowest BCUT2D eigenvalue weighted by Crippen LogP contribution is -1.82. The van der Waals surface area contributed by atoms with Crippen molar-refractivity contribution in [3.8, 4) is 26.6 Å². The number of nitrogens with two attached hydrogens (primary N) is 1. The van der Waals surface area contributed by atoms with E-state index in [4.69, 9.17) is 10.5 Å². The molecule has 1 heterocycles. The zero-order valence-electron chi connectivity index (χ0n) is 11.2. The first-order chi connectivity index (χ1) is 9.76. The highest BCUT2D eigenvalue weighted by molar-refractivity contribution is 7.18. The molecular weight excluding hydrogens is 266 g/mol. The third kappa shape index (κ3) is 2.53. The number of hydrogen-bond donors (Lipinski definition) is 1. The Hall–Kier alpha value is -2.26. The Labute approximate surface area is 122 Å². The van der Waals surface area contributed by atoms with E-state index in [0.717, 1.165) is 11.4 Å². The summed E-state index contributed by atoms with van der Waals surface area (Å²) < 4.78 is 5.27. The number of hydrogen-bond acceptors (Lipinski definition) is 3. The van der Waals surface area contributed by atoms with Crippen molar-refractivity contribution in [3.63, 3.8) is 0 Å². The van der Waals surface area contributed by atoms with Crippen molar-refractivity contribution < 1.29 is 4.74 Å². The molecule has 2 N–H and O–H groups in total. The van der Waals surface area contributed by atoms with Gasteiger partial charge in [-0.15, -0.1) is 11.3 Å². The van der Waals surface area contributed by atoms with Gasteiger partial charge in [-0.3, -0.25) is 0 Å². The second kappa shape index (κ2) is 5.39. The summed E-state index contributed by atoms with van der Waals surface area (Å²) in [4.78, 5) is 2.47. The Kier molecular flexibility index (Phi) is 3.44. The summed E-state index contributed by atoms with van der Waals surface area (Å²) in [6, 6.07) is 20.4. The number of anilines is 1. The third-order valence-electron chi connectivity index (χ3n) is 3.16. The number of methoxy groups -OCH3 is 1. The van der Waals surface area contributed by atoms with Gasteiger partial charge in [0.25, 0.3) is 0 Å². The largest absolute Gasteiger partial charge is 0.497 e. The van der Waals surface area contributed by atoms with Crippen LogP contribution >= 0.6 is 11.3 Å². The van der Waals surface area contributed by atoms with Crippen molar-refractivity contribution in [1.29, 1.82) is 0 Å². The predicted molar refractivity (Wildman–Crippen MR) is 86.2 cm³/mol. The lowest BCUT2D eigenvalue weighted by atomic mass is 10.1. The summed E-state index contributed by atoms with van der Waals surface area (Å²) in [5, 5.41) is 0. The van der Waals surface area contributed by atoms with Gasteiger partial charge in [0.15, 0.2) is 0 Å². The van der Waals surface area contributed by atoms with Crippen LogP contribution in [0, 0.1) is 0 Å². The molecule has 0 unspecified atom stereocenters. The molecule has 0 saturated heterocycles. The van der Waals surface area contributed by atoms with Crippen molar-refractivity contribution in [3.05, 3.63) is 60.7 Å². The second-order valence-corrected chi connectivity index (χ2v) is 5.60. The minimum atomic E-state index is 0.790. The Morgan fingerprint density at radius 2 is 1.55 bits per heavy atom. The van der Waals surface area contributed by atoms with E-state index in [0.29, 0.717) is 0 Å². The molecule has 2 aromatic carbocycles. The van der Waals surface area contributed by atoms with Crippen molar-refractivity contribution >= 4 is 17.0 Å². The van der Waals surface area contributed by atoms with Gasteiger partial charge in [0.2, 0.25) is 0 Å². The van der Waals surface area contributed by atoms with E-state index in [1.165, 1.54) is 20.9 Å². The number of ether oxygens (including phenoxy) is 1. The predicted octanol–water partition coefficient (Wildman–Crippen LogP) is 4.67. The maximum absolute atomic E-state index is 5.72. The van der Waals surface area contributed by atoms with Gasteiger partial charge >= 0.3 is 0 Å². The van der Waals surface area contributed by atoms with Crippen LogP contribution in [0.1, 0.15) is 0 Å². The Balaban J connectivity index is 1.95. The number of rotatable bonds is 3. The monoisotopic (exact) mass is 281 g/mol. The second-order valence-electron chi connectivity index (χ2n) is 4.52. The standard InChI is InChI=1S/C17H15NOS/c1-19-15-4-2-3-13(11-15)17-10-9-16(20-17)12-5-7-14(18)8-6-12/h2-11H,18H2,1H3. The van der Waals surface area contributed by atoms with Crippen LogP contribution in [0.25, 0.3) is 20.9 Å². The molecule has 0 aliphatic carbocycles. The topological polar surface area (TPSA) is 35.2 Å². The van der Waals surface area contributed by atoms with Gasteiger partial charge in [0.05, 0.1) is 7.11 Å². The van der Waals surface area contributed by atoms with Crippen molar-refractivity contribution in [2.45, 2.75) is 0 Å². The van der Waals surface area contributed by atoms with E-state index < -0.39 is 0 Å². The highest BCUT2D eigenvalue weighted by Crippen LogP contribution is 2.35. The van der Waals surface area contributed by atoms with Crippen molar-refractivity contribution in [2.75, 3.05) is 12.8 Å². The lowest BCUT2D eigenvalue weighted by Gasteiger charge is -2.02. The van der Waals surface area contributed by atoms with Crippen molar-refractivity contribution in [2.24, 2.45) is 0 Å². The number of nitrogen functional groups attached to an aromatic ring is 1. The van der Waals surface area contributed by atoms with Gasteiger partial charge in [0.1, 0.15) is 5.75 Å². The first-order valence-electron chi connectivity index (χ1n) is 6.36. The van der Waals surface area contributed by atoms with Crippen molar-refractivity contribution in [1.82, 2.24) is 0 Å². The molecule has 20 heavy (non-hydrogen) atoms. The van der Waals surface area contributed by atoms with Gasteiger partial charge in [-0.25, -0.2) is 0 Å². The van der Waals surface area contributed by atoms with E-state index in [2.05, 4.69) is 36.4 Å². The fourth-order valence-electron chi connectivity index (χ4n) is 2.07. The van der Waals surface area contributed by atoms with Gasteiger partial charge in [-0.1, -0.05) is 24.3 Å². The summed E-state index contributed by atoms with van der Waals surface area (Å²) in [6.07, 6.45) is 0. The molecule has 3 rings (SSSR count). The van der Waals surface area contributed by atoms with Crippen LogP contribution in [0.3, 0.4) is 0 Å². The smallest absolute Gasteiger partial charge is 0.119 e. The van der Waals surface area contributed by atoms with Crippen LogP contribution in [-0.2, 0) is 0 Å². The zero-order chi connectivity index (χ0) is 13.9. The molecular formula is C17H15NOS. The summed E-state index contributed by atoms with van der Waals surface area (Å²) in [6.45, 7) is 0. The number of thiophene rings is 1. The van der Waals surface area contributed by atoms with Crippen LogP contribution in [0.2, 0.25) is 0 Å². The minimum Gasteiger partial charge on any atom is -0.497 e. The molecule has 3 heteroatoms. The number of benzene rings is 2. The summed E-state index contributed by atoms with van der Waals surface area (Å²) >= 11 is 1.77. The molecule has 2 nitrogen and oxygen atoms in total. The lowest BCUT2D eigenvalue weighted by molar-refractivity contribution is 0.415. The highest BCUT2D eigenvalue weighted by Gasteiger charge is 2.05. The molecule has 0 bridgehead atoms. The zero-order valence-corrected chi connectivity index (χ0v) is 12.0. The minimum absolute atomic E-state index is 0.790. The van der Waals surface area contributed by atoms with Crippen LogP contribution in [0.4, 0.5) is 5.69 Å². The van der Waals surface area contributed by atoms with Gasteiger partial charge < -0.3 is 10.5 Å². The van der Waals surface area contributed by atoms with E-state index in [9.17, 15) is 0 Å². The normalized spacial score (nSPS) is 10.4. The van der Waals surface area contributed by atoms with Gasteiger partial charge in [-0.2, -0.15) is 0 Å². The summed E-state index contributed by atoms with van der Waals surface area (Å²) in [5.74, 6) is 0.880. The van der Waals surface area contributed by atoms with E-state index >= 15 is 0 Å². The molecule has 100 valence electrons. The van der Waals surface area contributed by atoms with Crippen LogP contribution in [0.15, 0.2) is 60.7 Å². The maximum Gasteiger partial charge on any atom is 0.119 e. The first kappa shape index (κ1) is 12.8. The molecule has 0 amide bonds. The van der Waals surface area contributed by atoms with E-state index in [1.54, 1.807) is 18.4 Å². The molecule has 0 atom stereocenters. The molecule has 3 aromatic rings. The summed E-state index contributed by atoms with van der Waals surface area (Å²) in [7, 11) is 1.69. The molecule has 0 aliphatic rings. The fourth-order valence-corrected chi connectivity index (χ4v) is 3.08. The third-order valence-corrected chi connectivity index (χ3v) is 4.34. The first-order valence-corrected chi connectivity index (χ1v) is 7.18. The Morgan fingerprint density at radius 3 is 2.25 bits per heavy atom. The van der Waals surface area contributed by atoms with Crippen LogP contribution in [0.5, 0.6) is 5.75 Å². The van der Waals surface area contributed by atoms with Crippen LogP contribution < -0.4 is 10.5 Å². The molecule has 0 spiro atoms. The Bertz CT molecular complexity index is 716. The maximum atomic E-state index is 5.72. The van der Waals surface area contributed by atoms with Gasteiger partial charge in [-0.05, 0) is 47.5 Å². The van der Waals surface area contributed by atoms with E-state index in [-0.39, 0.29) is 0 Å². The summed E-state index contributed by atoms with van der Waals surface area (Å²) in [5.41, 5.74) is 8.88. The molecule has 0 radical (unpaired) electrons. The van der Waals surface area contributed by atoms with E-state index in [1.807, 2.05) is 24.3 Å². The van der Waals surface area contributed by atoms with Gasteiger partial charge in [0, 0.05) is 15.4 Å². The Morgan fingerprint density at radius 1 is 0.850 bits per heavy atom. The average Bonchev–Trinajstić information content (AvgIpc) is 2.98.